The van der Waals surface area contributed by atoms with Gasteiger partial charge in [0.05, 0.1) is 17.8 Å². The monoisotopic (exact) mass is 471 g/mol. The van der Waals surface area contributed by atoms with Crippen LogP contribution in [0.15, 0.2) is 41.5 Å². The third-order valence-corrected chi connectivity index (χ3v) is 6.48. The summed E-state index contributed by atoms with van der Waals surface area (Å²) in [6.07, 6.45) is 3.26. The molecule has 0 radical (unpaired) electrons. The van der Waals surface area contributed by atoms with Gasteiger partial charge < -0.3 is 19.5 Å². The molecule has 3 heterocycles. The van der Waals surface area contributed by atoms with Crippen molar-refractivity contribution in [1.29, 1.82) is 0 Å². The number of ether oxygens (including phenoxy) is 3. The average Bonchev–Trinajstić information content (AvgIpc) is 3.46. The van der Waals surface area contributed by atoms with Gasteiger partial charge in [0.15, 0.2) is 0 Å². The van der Waals surface area contributed by atoms with Gasteiger partial charge in [-0.3, -0.25) is 14.2 Å². The van der Waals surface area contributed by atoms with Gasteiger partial charge in [-0.2, -0.15) is 0 Å². The molecule has 1 fully saturated rings. The largest absolute Gasteiger partial charge is 0.490 e. The lowest BCUT2D eigenvalue weighted by Crippen LogP contribution is -2.36. The summed E-state index contributed by atoms with van der Waals surface area (Å²) in [5, 5.41) is 3.11. The lowest BCUT2D eigenvalue weighted by Gasteiger charge is -2.11. The van der Waals surface area contributed by atoms with Gasteiger partial charge in [0, 0.05) is 13.2 Å². The minimum Gasteiger partial charge on any atom is -0.490 e. The molecule has 3 aromatic rings. The molecule has 174 valence electrons. The molecule has 2 aromatic heterocycles. The highest BCUT2D eigenvalue weighted by Crippen LogP contribution is 2.27. The van der Waals surface area contributed by atoms with Crippen LogP contribution in [0, 0.1) is 6.92 Å². The van der Waals surface area contributed by atoms with E-state index in [1.54, 1.807) is 6.92 Å². The summed E-state index contributed by atoms with van der Waals surface area (Å²) in [5.41, 5.74) is 0.128. The number of thiophene rings is 1. The summed E-state index contributed by atoms with van der Waals surface area (Å²) in [4.78, 5) is 42.8. The molecule has 10 heteroatoms. The van der Waals surface area contributed by atoms with Gasteiger partial charge in [-0.25, -0.2) is 9.78 Å². The number of nitrogens with one attached hydrogen (secondary N) is 1. The van der Waals surface area contributed by atoms with E-state index in [0.29, 0.717) is 39.6 Å². The number of aromatic nitrogens is 2. The molecule has 1 aliphatic heterocycles. The Bertz CT molecular complexity index is 1180. The summed E-state index contributed by atoms with van der Waals surface area (Å²) < 4.78 is 17.6. The van der Waals surface area contributed by atoms with Gasteiger partial charge in [-0.1, -0.05) is 18.2 Å². The lowest BCUT2D eigenvalue weighted by atomic mass is 10.2. The van der Waals surface area contributed by atoms with E-state index in [1.165, 1.54) is 10.9 Å². The maximum absolute atomic E-state index is 13.0. The van der Waals surface area contributed by atoms with E-state index in [9.17, 15) is 14.4 Å². The van der Waals surface area contributed by atoms with Gasteiger partial charge in [-0.05, 0) is 37.5 Å². The second kappa shape index (κ2) is 10.6. The van der Waals surface area contributed by atoms with Gasteiger partial charge >= 0.3 is 5.97 Å². The van der Waals surface area contributed by atoms with Crippen LogP contribution in [0.25, 0.3) is 10.2 Å². The summed E-state index contributed by atoms with van der Waals surface area (Å²) in [6, 6.07) is 9.23. The van der Waals surface area contributed by atoms with E-state index in [-0.39, 0.29) is 37.3 Å². The Morgan fingerprint density at radius 1 is 1.27 bits per heavy atom. The van der Waals surface area contributed by atoms with Crippen molar-refractivity contribution >= 4 is 33.4 Å². The molecule has 1 amide bonds. The van der Waals surface area contributed by atoms with Crippen molar-refractivity contribution in [2.75, 3.05) is 26.4 Å². The van der Waals surface area contributed by atoms with Gasteiger partial charge in [-0.15, -0.1) is 11.3 Å². The number of benzene rings is 1. The number of fused-ring (bicyclic) bond motifs is 1. The van der Waals surface area contributed by atoms with E-state index < -0.39 is 5.97 Å². The van der Waals surface area contributed by atoms with Crippen LogP contribution in [0.2, 0.25) is 0 Å². The standard InChI is InChI=1S/C23H25N3O6S/c1-15-19-21(33-20(15)23(29)32-11-10-31-16-6-3-2-4-7-16)25-14-26(22(19)28)13-18(27)24-12-17-8-5-9-30-17/h2-4,6-7,14,17H,5,8-13H2,1H3,(H,24,27). The molecule has 0 saturated carbocycles. The van der Waals surface area contributed by atoms with Crippen LogP contribution >= 0.6 is 11.3 Å². The van der Waals surface area contributed by atoms with Crippen molar-refractivity contribution in [2.24, 2.45) is 0 Å². The molecule has 4 rings (SSSR count). The number of hydrogen-bond donors (Lipinski definition) is 1. The van der Waals surface area contributed by atoms with Gasteiger partial charge in [0.2, 0.25) is 5.91 Å². The molecular formula is C23H25N3O6S. The zero-order chi connectivity index (χ0) is 23.2. The fourth-order valence-electron chi connectivity index (χ4n) is 3.59. The van der Waals surface area contributed by atoms with Crippen LogP contribution in [0.4, 0.5) is 0 Å². The van der Waals surface area contributed by atoms with Crippen LogP contribution in [0.3, 0.4) is 0 Å². The van der Waals surface area contributed by atoms with Crippen molar-refractivity contribution in [1.82, 2.24) is 14.9 Å². The summed E-state index contributed by atoms with van der Waals surface area (Å²) in [5.74, 6) is -0.136. The number of hydrogen-bond acceptors (Lipinski definition) is 8. The van der Waals surface area contributed by atoms with Crippen LogP contribution in [0.1, 0.15) is 28.1 Å². The number of rotatable bonds is 9. The first-order valence-electron chi connectivity index (χ1n) is 10.7. The van der Waals surface area contributed by atoms with E-state index in [0.717, 1.165) is 24.2 Å². The number of aryl methyl sites for hydroxylation is 1. The topological polar surface area (TPSA) is 109 Å². The van der Waals surface area contributed by atoms with Crippen LogP contribution < -0.4 is 15.6 Å². The molecule has 1 aromatic carbocycles. The highest BCUT2D eigenvalue weighted by molar-refractivity contribution is 7.20. The first-order chi connectivity index (χ1) is 16.0. The van der Waals surface area contributed by atoms with Crippen molar-refractivity contribution in [2.45, 2.75) is 32.4 Å². The van der Waals surface area contributed by atoms with Crippen molar-refractivity contribution < 1.29 is 23.8 Å². The third-order valence-electron chi connectivity index (χ3n) is 5.30. The highest BCUT2D eigenvalue weighted by Gasteiger charge is 2.21. The molecule has 1 saturated heterocycles. The number of nitrogens with zero attached hydrogens (tertiary/aromatic N) is 2. The summed E-state index contributed by atoms with van der Waals surface area (Å²) >= 11 is 1.10. The quantitative estimate of drug-likeness (QED) is 0.377. The fourth-order valence-corrected chi connectivity index (χ4v) is 4.62. The van der Waals surface area contributed by atoms with Gasteiger partial charge in [0.1, 0.15) is 35.2 Å². The molecule has 33 heavy (non-hydrogen) atoms. The minimum atomic E-state index is -0.535. The normalized spacial score (nSPS) is 15.5. The number of carbonyl (C=O) groups is 2. The smallest absolute Gasteiger partial charge is 0.348 e. The number of esters is 1. The zero-order valence-corrected chi connectivity index (χ0v) is 19.1. The van der Waals surface area contributed by atoms with Crippen LogP contribution in [0.5, 0.6) is 5.75 Å². The molecule has 0 spiro atoms. The molecule has 9 nitrogen and oxygen atoms in total. The highest BCUT2D eigenvalue weighted by atomic mass is 32.1. The van der Waals surface area contributed by atoms with E-state index in [4.69, 9.17) is 14.2 Å². The number of amides is 1. The lowest BCUT2D eigenvalue weighted by molar-refractivity contribution is -0.122. The van der Waals surface area contributed by atoms with Crippen molar-refractivity contribution in [3.05, 3.63) is 57.5 Å². The van der Waals surface area contributed by atoms with Crippen LogP contribution in [-0.4, -0.2) is 53.9 Å². The van der Waals surface area contributed by atoms with Gasteiger partial charge in [0.25, 0.3) is 5.56 Å². The second-order valence-electron chi connectivity index (χ2n) is 7.65. The summed E-state index contributed by atoms with van der Waals surface area (Å²) in [7, 11) is 0. The van der Waals surface area contributed by atoms with Crippen molar-refractivity contribution in [3.8, 4) is 5.75 Å². The van der Waals surface area contributed by atoms with Crippen LogP contribution in [-0.2, 0) is 20.8 Å². The molecule has 1 aliphatic rings. The minimum absolute atomic E-state index is 0.0251. The summed E-state index contributed by atoms with van der Waals surface area (Å²) in [6.45, 7) is 2.95. The predicted molar refractivity (Wildman–Crippen MR) is 123 cm³/mol. The Morgan fingerprint density at radius 2 is 2.09 bits per heavy atom. The first kappa shape index (κ1) is 22.9. The second-order valence-corrected chi connectivity index (χ2v) is 8.65. The van der Waals surface area contributed by atoms with E-state index in [1.807, 2.05) is 30.3 Å². The maximum Gasteiger partial charge on any atom is 0.348 e. The molecule has 0 aliphatic carbocycles. The van der Waals surface area contributed by atoms with E-state index in [2.05, 4.69) is 10.3 Å². The third kappa shape index (κ3) is 5.58. The molecule has 0 bridgehead atoms. The Morgan fingerprint density at radius 3 is 2.85 bits per heavy atom. The molecule has 1 unspecified atom stereocenters. The fraction of sp³-hybridized carbons (Fsp3) is 0.391. The first-order valence-corrected chi connectivity index (χ1v) is 11.6. The zero-order valence-electron chi connectivity index (χ0n) is 18.2. The SMILES string of the molecule is Cc1c(C(=O)OCCOc2ccccc2)sc2ncn(CC(=O)NCC3CCCO3)c(=O)c12. The molecule has 1 atom stereocenters. The van der Waals surface area contributed by atoms with Crippen molar-refractivity contribution in [3.63, 3.8) is 0 Å². The Hall–Kier alpha value is -3.24. The Kier molecular flexibility index (Phi) is 7.36. The number of carbonyl (C=O) groups excluding carboxylic acids is 2. The average molecular weight is 472 g/mol. The maximum atomic E-state index is 13.0. The number of para-hydroxylation sites is 1. The van der Waals surface area contributed by atoms with E-state index >= 15 is 0 Å². The molecular weight excluding hydrogens is 446 g/mol. The molecule has 1 N–H and O–H groups in total. The Balaban J connectivity index is 1.38. The predicted octanol–water partition coefficient (Wildman–Crippen LogP) is 2.30. The Labute approximate surface area is 194 Å².